The molecule has 2 rings (SSSR count). The molecular formula is C18H15F3N2O3. The summed E-state index contributed by atoms with van der Waals surface area (Å²) in [4.78, 5) is 11.9. The molecule has 0 aliphatic heterocycles. The highest BCUT2D eigenvalue weighted by Crippen LogP contribution is 2.33. The van der Waals surface area contributed by atoms with Crippen LogP contribution in [0.25, 0.3) is 0 Å². The van der Waals surface area contributed by atoms with Gasteiger partial charge in [0, 0.05) is 11.8 Å². The molecule has 0 unspecified atom stereocenters. The van der Waals surface area contributed by atoms with Crippen molar-refractivity contribution in [3.8, 4) is 17.6 Å². The van der Waals surface area contributed by atoms with E-state index in [0.29, 0.717) is 5.56 Å². The largest absolute Gasteiger partial charge is 0.493 e. The lowest BCUT2D eigenvalue weighted by atomic mass is 10.1. The first-order valence-electron chi connectivity index (χ1n) is 7.43. The molecule has 1 amide bonds. The molecule has 0 bridgehead atoms. The Kier molecular flexibility index (Phi) is 5.72. The van der Waals surface area contributed by atoms with Gasteiger partial charge in [0.25, 0.3) is 5.91 Å². The van der Waals surface area contributed by atoms with Gasteiger partial charge in [-0.3, -0.25) is 4.79 Å². The molecule has 0 saturated heterocycles. The lowest BCUT2D eigenvalue weighted by molar-refractivity contribution is -0.138. The fourth-order valence-corrected chi connectivity index (χ4v) is 2.20. The van der Waals surface area contributed by atoms with Crippen LogP contribution in [0.1, 0.15) is 16.7 Å². The summed E-state index contributed by atoms with van der Waals surface area (Å²) in [6.45, 7) is 0.909. The first-order valence-corrected chi connectivity index (χ1v) is 7.43. The second-order valence-corrected chi connectivity index (χ2v) is 5.34. The number of ether oxygens (including phenoxy) is 2. The van der Waals surface area contributed by atoms with Crippen LogP contribution in [-0.2, 0) is 11.0 Å². The number of halogens is 3. The van der Waals surface area contributed by atoms with Gasteiger partial charge in [-0.25, -0.2) is 0 Å². The van der Waals surface area contributed by atoms with Crippen molar-refractivity contribution in [2.75, 3.05) is 19.0 Å². The number of hydrogen-bond donors (Lipinski definition) is 1. The first-order chi connectivity index (χ1) is 12.2. The molecule has 0 saturated carbocycles. The smallest absolute Gasteiger partial charge is 0.416 e. The van der Waals surface area contributed by atoms with Crippen LogP contribution >= 0.6 is 0 Å². The number of carbonyl (C=O) groups excluding carboxylic acids is 1. The number of nitrogens with zero attached hydrogens (tertiary/aromatic N) is 1. The van der Waals surface area contributed by atoms with Crippen LogP contribution in [-0.4, -0.2) is 19.6 Å². The molecular weight excluding hydrogens is 349 g/mol. The highest BCUT2D eigenvalue weighted by atomic mass is 19.4. The minimum atomic E-state index is -4.50. The summed E-state index contributed by atoms with van der Waals surface area (Å²) in [5.41, 5.74) is -0.375. The normalized spacial score (nSPS) is 10.8. The average molecular weight is 364 g/mol. The summed E-state index contributed by atoms with van der Waals surface area (Å²) < 4.78 is 49.1. The van der Waals surface area contributed by atoms with E-state index in [0.717, 1.165) is 6.07 Å². The highest BCUT2D eigenvalue weighted by Gasteiger charge is 2.32. The number of alkyl halides is 3. The van der Waals surface area contributed by atoms with Crippen LogP contribution < -0.4 is 14.8 Å². The number of nitrogens with one attached hydrogen (secondary N) is 1. The topological polar surface area (TPSA) is 71.3 Å². The van der Waals surface area contributed by atoms with E-state index in [9.17, 15) is 18.0 Å². The third kappa shape index (κ3) is 4.66. The molecule has 0 radical (unpaired) electrons. The number of rotatable bonds is 5. The zero-order valence-corrected chi connectivity index (χ0v) is 14.0. The lowest BCUT2D eigenvalue weighted by Crippen LogP contribution is -2.21. The minimum absolute atomic E-state index is 0.0170. The maximum Gasteiger partial charge on any atom is 0.416 e. The molecule has 2 aromatic carbocycles. The molecule has 0 atom stereocenters. The summed E-state index contributed by atoms with van der Waals surface area (Å²) in [6, 6.07) is 9.88. The molecule has 1 N–H and O–H groups in total. The monoisotopic (exact) mass is 364 g/mol. The fraction of sp³-hybridized carbons (Fsp3) is 0.222. The highest BCUT2D eigenvalue weighted by molar-refractivity contribution is 5.92. The Bertz CT molecular complexity index is 858. The van der Waals surface area contributed by atoms with Crippen LogP contribution in [0.15, 0.2) is 36.4 Å². The van der Waals surface area contributed by atoms with Gasteiger partial charge in [0.1, 0.15) is 0 Å². The number of aryl methyl sites for hydroxylation is 1. The van der Waals surface area contributed by atoms with Crippen LogP contribution in [0.4, 0.5) is 18.9 Å². The van der Waals surface area contributed by atoms with E-state index in [1.807, 2.05) is 6.07 Å². The van der Waals surface area contributed by atoms with Gasteiger partial charge in [-0.05, 0) is 36.8 Å². The van der Waals surface area contributed by atoms with E-state index < -0.39 is 24.3 Å². The van der Waals surface area contributed by atoms with E-state index in [-0.39, 0.29) is 22.7 Å². The number of benzene rings is 2. The summed E-state index contributed by atoms with van der Waals surface area (Å²) in [5, 5.41) is 11.2. The molecule has 5 nitrogen and oxygen atoms in total. The van der Waals surface area contributed by atoms with Gasteiger partial charge in [-0.2, -0.15) is 18.4 Å². The van der Waals surface area contributed by atoms with Gasteiger partial charge < -0.3 is 14.8 Å². The molecule has 0 aliphatic carbocycles. The molecule has 8 heteroatoms. The minimum Gasteiger partial charge on any atom is -0.493 e. The Morgan fingerprint density at radius 2 is 1.92 bits per heavy atom. The van der Waals surface area contributed by atoms with E-state index in [4.69, 9.17) is 14.7 Å². The van der Waals surface area contributed by atoms with Crippen molar-refractivity contribution in [2.45, 2.75) is 13.1 Å². The van der Waals surface area contributed by atoms with Crippen molar-refractivity contribution in [3.05, 3.63) is 53.1 Å². The molecule has 0 spiro atoms. The van der Waals surface area contributed by atoms with Crippen LogP contribution in [0.5, 0.6) is 11.5 Å². The quantitative estimate of drug-likeness (QED) is 0.873. The fourth-order valence-electron chi connectivity index (χ4n) is 2.20. The van der Waals surface area contributed by atoms with Crippen molar-refractivity contribution in [1.29, 1.82) is 5.26 Å². The molecule has 2 aromatic rings. The number of methoxy groups -OCH3 is 1. The Morgan fingerprint density at radius 3 is 2.54 bits per heavy atom. The first kappa shape index (κ1) is 19.1. The average Bonchev–Trinajstić information content (AvgIpc) is 2.60. The molecule has 0 fully saturated rings. The Balaban J connectivity index is 2.05. The third-order valence-electron chi connectivity index (χ3n) is 3.48. The SMILES string of the molecule is COc1cc(C#N)ccc1OCC(=O)Nc1ccc(C)c(C(F)(F)F)c1. The van der Waals surface area contributed by atoms with Crippen LogP contribution in [0.2, 0.25) is 0 Å². The second-order valence-electron chi connectivity index (χ2n) is 5.34. The zero-order chi connectivity index (χ0) is 19.3. The summed E-state index contributed by atoms with van der Waals surface area (Å²) in [5.74, 6) is -0.124. The van der Waals surface area contributed by atoms with Gasteiger partial charge in [-0.1, -0.05) is 6.07 Å². The lowest BCUT2D eigenvalue weighted by Gasteiger charge is -2.13. The molecule has 26 heavy (non-hydrogen) atoms. The number of carbonyl (C=O) groups is 1. The predicted molar refractivity (Wildman–Crippen MR) is 88.0 cm³/mol. The predicted octanol–water partition coefficient (Wildman–Crippen LogP) is 3.91. The molecule has 136 valence electrons. The Labute approximate surface area is 148 Å². The second kappa shape index (κ2) is 7.78. The standard InChI is InChI=1S/C18H15F3N2O3/c1-11-3-5-13(8-14(11)18(19,20)21)23-17(24)10-26-15-6-4-12(9-22)7-16(15)25-2/h3-8H,10H2,1-2H3,(H,23,24). The summed E-state index contributed by atoms with van der Waals surface area (Å²) in [6.07, 6.45) is -4.50. The van der Waals surface area contributed by atoms with Crippen molar-refractivity contribution < 1.29 is 27.4 Å². The van der Waals surface area contributed by atoms with Crippen molar-refractivity contribution in [3.63, 3.8) is 0 Å². The van der Waals surface area contributed by atoms with Gasteiger partial charge in [-0.15, -0.1) is 0 Å². The number of anilines is 1. The van der Waals surface area contributed by atoms with Crippen molar-refractivity contribution >= 4 is 11.6 Å². The maximum atomic E-state index is 12.9. The van der Waals surface area contributed by atoms with E-state index in [1.165, 1.54) is 44.4 Å². The van der Waals surface area contributed by atoms with E-state index >= 15 is 0 Å². The molecule has 0 heterocycles. The van der Waals surface area contributed by atoms with E-state index in [1.54, 1.807) is 0 Å². The van der Waals surface area contributed by atoms with Crippen LogP contribution in [0, 0.1) is 18.3 Å². The summed E-state index contributed by atoms with van der Waals surface area (Å²) >= 11 is 0. The maximum absolute atomic E-state index is 12.9. The molecule has 0 aliphatic rings. The van der Waals surface area contributed by atoms with Gasteiger partial charge in [0.2, 0.25) is 0 Å². The van der Waals surface area contributed by atoms with Gasteiger partial charge in [0.15, 0.2) is 18.1 Å². The van der Waals surface area contributed by atoms with E-state index in [2.05, 4.69) is 5.32 Å². The zero-order valence-electron chi connectivity index (χ0n) is 14.0. The van der Waals surface area contributed by atoms with Crippen molar-refractivity contribution in [1.82, 2.24) is 0 Å². The number of nitriles is 1. The van der Waals surface area contributed by atoms with Gasteiger partial charge >= 0.3 is 6.18 Å². The van der Waals surface area contributed by atoms with Crippen LogP contribution in [0.3, 0.4) is 0 Å². The number of amides is 1. The van der Waals surface area contributed by atoms with Gasteiger partial charge in [0.05, 0.1) is 24.3 Å². The third-order valence-corrected chi connectivity index (χ3v) is 3.48. The number of hydrogen-bond acceptors (Lipinski definition) is 4. The van der Waals surface area contributed by atoms with Crippen molar-refractivity contribution in [2.24, 2.45) is 0 Å². The summed E-state index contributed by atoms with van der Waals surface area (Å²) in [7, 11) is 1.38. The Morgan fingerprint density at radius 1 is 1.19 bits per heavy atom. The Hall–Kier alpha value is -3.21. The molecule has 0 aromatic heterocycles.